The van der Waals surface area contributed by atoms with Crippen LogP contribution < -0.4 is 5.32 Å². The van der Waals surface area contributed by atoms with E-state index >= 15 is 0 Å². The highest BCUT2D eigenvalue weighted by Gasteiger charge is 2.24. The molecule has 1 aliphatic rings. The van der Waals surface area contributed by atoms with Gasteiger partial charge in [0.25, 0.3) is 5.69 Å². The van der Waals surface area contributed by atoms with Crippen molar-refractivity contribution in [3.05, 3.63) is 33.9 Å². The van der Waals surface area contributed by atoms with Crippen molar-refractivity contribution in [1.29, 1.82) is 5.26 Å². The minimum Gasteiger partial charge on any atom is -0.384 e. The van der Waals surface area contributed by atoms with Crippen LogP contribution in [0.1, 0.15) is 18.9 Å². The minimum atomic E-state index is -0.502. The Labute approximate surface area is 111 Å². The largest absolute Gasteiger partial charge is 0.384 e. The number of nitrogens with zero attached hydrogens (tertiary/aromatic N) is 2. The molecule has 19 heavy (non-hydrogen) atoms. The molecule has 0 saturated carbocycles. The van der Waals surface area contributed by atoms with Crippen molar-refractivity contribution in [3.8, 4) is 6.07 Å². The lowest BCUT2D eigenvalue weighted by Gasteiger charge is -2.16. The van der Waals surface area contributed by atoms with E-state index in [1.807, 2.05) is 13.0 Å². The molecule has 100 valence electrons. The van der Waals surface area contributed by atoms with Gasteiger partial charge in [-0.05, 0) is 19.4 Å². The number of ether oxygens (including phenoxy) is 1. The molecule has 2 atom stereocenters. The lowest BCUT2D eigenvalue weighted by Crippen LogP contribution is -2.21. The van der Waals surface area contributed by atoms with Gasteiger partial charge < -0.3 is 10.1 Å². The van der Waals surface area contributed by atoms with Gasteiger partial charge >= 0.3 is 0 Å². The van der Waals surface area contributed by atoms with Crippen molar-refractivity contribution < 1.29 is 9.66 Å². The van der Waals surface area contributed by atoms with Crippen molar-refractivity contribution in [3.63, 3.8) is 0 Å². The van der Waals surface area contributed by atoms with Crippen molar-refractivity contribution in [2.24, 2.45) is 5.92 Å². The van der Waals surface area contributed by atoms with Gasteiger partial charge in [-0.25, -0.2) is 0 Å². The molecule has 1 saturated heterocycles. The molecule has 2 rings (SSSR count). The summed E-state index contributed by atoms with van der Waals surface area (Å²) in [6.07, 6.45) is 1.19. The van der Waals surface area contributed by atoms with Gasteiger partial charge in [-0.3, -0.25) is 10.1 Å². The number of benzene rings is 1. The lowest BCUT2D eigenvalue weighted by molar-refractivity contribution is -0.384. The number of hydrogen-bond acceptors (Lipinski definition) is 5. The molecule has 0 bridgehead atoms. The molecule has 0 spiro atoms. The monoisotopic (exact) mass is 261 g/mol. The Balaban J connectivity index is 2.08. The van der Waals surface area contributed by atoms with E-state index in [2.05, 4.69) is 5.32 Å². The predicted molar refractivity (Wildman–Crippen MR) is 69.8 cm³/mol. The van der Waals surface area contributed by atoms with E-state index in [1.165, 1.54) is 12.1 Å². The third kappa shape index (κ3) is 3.01. The summed E-state index contributed by atoms with van der Waals surface area (Å²) in [6, 6.07) is 6.25. The summed E-state index contributed by atoms with van der Waals surface area (Å²) in [5.41, 5.74) is 0.854. The molecule has 0 aromatic heterocycles. The van der Waals surface area contributed by atoms with Gasteiger partial charge in [0.2, 0.25) is 0 Å². The number of non-ortho nitro benzene ring substituents is 1. The molecule has 1 aliphatic heterocycles. The van der Waals surface area contributed by atoms with E-state index in [0.717, 1.165) is 13.0 Å². The van der Waals surface area contributed by atoms with Gasteiger partial charge in [0.1, 0.15) is 6.07 Å². The highest BCUT2D eigenvalue weighted by Crippen LogP contribution is 2.24. The molecule has 1 heterocycles. The summed E-state index contributed by atoms with van der Waals surface area (Å²) in [5.74, 6) is 0.404. The molecule has 2 unspecified atom stereocenters. The van der Waals surface area contributed by atoms with Crippen LogP contribution in [0.3, 0.4) is 0 Å². The molecule has 1 aromatic carbocycles. The van der Waals surface area contributed by atoms with Crippen LogP contribution in [0.2, 0.25) is 0 Å². The van der Waals surface area contributed by atoms with Gasteiger partial charge in [-0.15, -0.1) is 0 Å². The van der Waals surface area contributed by atoms with Crippen molar-refractivity contribution >= 4 is 11.4 Å². The van der Waals surface area contributed by atoms with Gasteiger partial charge in [0.05, 0.1) is 22.3 Å². The SMILES string of the molecule is CC1OCCC1CNc1ccc([N+](=O)[O-])cc1C#N. The van der Waals surface area contributed by atoms with Crippen LogP contribution in [0.25, 0.3) is 0 Å². The first-order chi connectivity index (χ1) is 9.11. The normalized spacial score (nSPS) is 21.9. The number of anilines is 1. The number of nitro benzene ring substituents is 1. The Morgan fingerprint density at radius 3 is 3.00 bits per heavy atom. The van der Waals surface area contributed by atoms with Crippen LogP contribution in [-0.2, 0) is 4.74 Å². The van der Waals surface area contributed by atoms with E-state index in [9.17, 15) is 10.1 Å². The van der Waals surface area contributed by atoms with Crippen LogP contribution in [-0.4, -0.2) is 24.2 Å². The molecule has 1 N–H and O–H groups in total. The van der Waals surface area contributed by atoms with Crippen molar-refractivity contribution in [1.82, 2.24) is 0 Å². The molecule has 0 aliphatic carbocycles. The second-order valence-electron chi connectivity index (χ2n) is 4.60. The zero-order valence-corrected chi connectivity index (χ0v) is 10.6. The first kappa shape index (κ1) is 13.3. The average molecular weight is 261 g/mol. The van der Waals surface area contributed by atoms with Gasteiger partial charge in [0, 0.05) is 31.2 Å². The molecular weight excluding hydrogens is 246 g/mol. The van der Waals surface area contributed by atoms with Gasteiger partial charge in [-0.1, -0.05) is 0 Å². The second kappa shape index (κ2) is 5.67. The van der Waals surface area contributed by atoms with E-state index < -0.39 is 4.92 Å². The fraction of sp³-hybridized carbons (Fsp3) is 0.462. The summed E-state index contributed by atoms with van der Waals surface area (Å²) in [7, 11) is 0. The summed E-state index contributed by atoms with van der Waals surface area (Å²) < 4.78 is 5.47. The Kier molecular flexibility index (Phi) is 3.97. The van der Waals surface area contributed by atoms with Crippen LogP contribution in [0.5, 0.6) is 0 Å². The van der Waals surface area contributed by atoms with E-state index in [4.69, 9.17) is 10.00 Å². The first-order valence-electron chi connectivity index (χ1n) is 6.16. The Morgan fingerprint density at radius 1 is 1.63 bits per heavy atom. The smallest absolute Gasteiger partial charge is 0.270 e. The third-order valence-corrected chi connectivity index (χ3v) is 3.42. The maximum absolute atomic E-state index is 10.6. The fourth-order valence-corrected chi connectivity index (χ4v) is 2.18. The molecule has 1 aromatic rings. The van der Waals surface area contributed by atoms with Crippen LogP contribution in [0.15, 0.2) is 18.2 Å². The molecule has 6 nitrogen and oxygen atoms in total. The van der Waals surface area contributed by atoms with E-state index in [1.54, 1.807) is 6.07 Å². The highest BCUT2D eigenvalue weighted by molar-refractivity contribution is 5.61. The quantitative estimate of drug-likeness (QED) is 0.663. The van der Waals surface area contributed by atoms with Gasteiger partial charge in [0.15, 0.2) is 0 Å². The first-order valence-corrected chi connectivity index (χ1v) is 6.16. The maximum atomic E-state index is 10.6. The number of rotatable bonds is 4. The zero-order valence-electron chi connectivity index (χ0n) is 10.6. The zero-order chi connectivity index (χ0) is 13.8. The maximum Gasteiger partial charge on any atom is 0.270 e. The highest BCUT2D eigenvalue weighted by atomic mass is 16.6. The minimum absolute atomic E-state index is 0.0698. The molecule has 6 heteroatoms. The van der Waals surface area contributed by atoms with E-state index in [-0.39, 0.29) is 11.8 Å². The topological polar surface area (TPSA) is 88.2 Å². The predicted octanol–water partition coefficient (Wildman–Crippen LogP) is 2.30. The van der Waals surface area contributed by atoms with Crippen LogP contribution in [0, 0.1) is 27.4 Å². The standard InChI is InChI=1S/C13H15N3O3/c1-9-10(4-5-19-9)8-15-13-3-2-12(16(17)18)6-11(13)7-14/h2-3,6,9-10,15H,4-5,8H2,1H3. The Bertz CT molecular complexity index is 524. The third-order valence-electron chi connectivity index (χ3n) is 3.42. The Hall–Kier alpha value is -2.13. The molecule has 0 radical (unpaired) electrons. The molecular formula is C13H15N3O3. The number of nitrogens with one attached hydrogen (secondary N) is 1. The summed E-state index contributed by atoms with van der Waals surface area (Å²) in [5, 5.41) is 22.9. The second-order valence-corrected chi connectivity index (χ2v) is 4.60. The lowest BCUT2D eigenvalue weighted by atomic mass is 10.0. The number of nitriles is 1. The molecule has 1 fully saturated rings. The fourth-order valence-electron chi connectivity index (χ4n) is 2.18. The number of hydrogen-bond donors (Lipinski definition) is 1. The average Bonchev–Trinajstić information content (AvgIpc) is 2.81. The number of nitro groups is 1. The van der Waals surface area contributed by atoms with Crippen molar-refractivity contribution in [2.75, 3.05) is 18.5 Å². The molecule has 0 amide bonds. The Morgan fingerprint density at radius 2 is 2.42 bits per heavy atom. The van der Waals surface area contributed by atoms with Crippen LogP contribution >= 0.6 is 0 Å². The van der Waals surface area contributed by atoms with E-state index in [0.29, 0.717) is 23.7 Å². The van der Waals surface area contributed by atoms with Gasteiger partial charge in [-0.2, -0.15) is 5.26 Å². The summed E-state index contributed by atoms with van der Waals surface area (Å²) >= 11 is 0. The van der Waals surface area contributed by atoms with Crippen LogP contribution in [0.4, 0.5) is 11.4 Å². The van der Waals surface area contributed by atoms with Crippen molar-refractivity contribution in [2.45, 2.75) is 19.4 Å². The summed E-state index contributed by atoms with van der Waals surface area (Å²) in [4.78, 5) is 10.1. The summed E-state index contributed by atoms with van der Waals surface area (Å²) in [6.45, 7) is 3.49.